The first kappa shape index (κ1) is 13.5. The Balaban J connectivity index is 2.18. The summed E-state index contributed by atoms with van der Waals surface area (Å²) in [5.74, 6) is 3.05. The second-order valence-corrected chi connectivity index (χ2v) is 6.42. The molecule has 0 amide bonds. The summed E-state index contributed by atoms with van der Waals surface area (Å²) in [5.41, 5.74) is 2.77. The first-order valence-electron chi connectivity index (χ1n) is 7.27. The molecular formula is C17H26O. The van der Waals surface area contributed by atoms with Crippen LogP contribution in [0.2, 0.25) is 0 Å². The summed E-state index contributed by atoms with van der Waals surface area (Å²) in [6, 6.07) is 6.72. The van der Waals surface area contributed by atoms with Gasteiger partial charge in [-0.2, -0.15) is 0 Å². The van der Waals surface area contributed by atoms with Gasteiger partial charge in [-0.05, 0) is 47.8 Å². The van der Waals surface area contributed by atoms with E-state index in [0.29, 0.717) is 17.9 Å². The average molecular weight is 246 g/mol. The summed E-state index contributed by atoms with van der Waals surface area (Å²) in [7, 11) is 0. The Morgan fingerprint density at radius 3 is 2.22 bits per heavy atom. The highest BCUT2D eigenvalue weighted by Gasteiger charge is 2.27. The van der Waals surface area contributed by atoms with Crippen molar-refractivity contribution in [3.05, 3.63) is 29.3 Å². The molecule has 0 unspecified atom stereocenters. The number of hydrogen-bond donors (Lipinski definition) is 0. The Bertz CT molecular complexity index is 400. The van der Waals surface area contributed by atoms with Crippen molar-refractivity contribution >= 4 is 0 Å². The average Bonchev–Trinajstić information content (AvgIpc) is 2.26. The van der Waals surface area contributed by atoms with Gasteiger partial charge in [-0.25, -0.2) is 0 Å². The third-order valence-corrected chi connectivity index (χ3v) is 3.95. The van der Waals surface area contributed by atoms with Gasteiger partial charge in [0.2, 0.25) is 0 Å². The Morgan fingerprint density at radius 1 is 1.06 bits per heavy atom. The fourth-order valence-electron chi connectivity index (χ4n) is 2.59. The molecule has 1 saturated carbocycles. The maximum absolute atomic E-state index is 6.15. The van der Waals surface area contributed by atoms with Gasteiger partial charge < -0.3 is 4.74 Å². The second-order valence-electron chi connectivity index (χ2n) is 6.42. The molecule has 1 heteroatoms. The van der Waals surface area contributed by atoms with Crippen LogP contribution in [0, 0.1) is 5.92 Å². The quantitative estimate of drug-likeness (QED) is 0.717. The molecule has 0 atom stereocenters. The first-order chi connectivity index (χ1) is 8.47. The van der Waals surface area contributed by atoms with Crippen molar-refractivity contribution < 1.29 is 4.74 Å². The molecule has 0 N–H and O–H groups in total. The van der Waals surface area contributed by atoms with Gasteiger partial charge in [0.05, 0.1) is 6.10 Å². The van der Waals surface area contributed by atoms with E-state index < -0.39 is 0 Å². The minimum Gasteiger partial charge on any atom is -0.490 e. The van der Waals surface area contributed by atoms with E-state index in [1.54, 1.807) is 0 Å². The van der Waals surface area contributed by atoms with Gasteiger partial charge >= 0.3 is 0 Å². The van der Waals surface area contributed by atoms with Crippen molar-refractivity contribution in [2.24, 2.45) is 5.92 Å². The van der Waals surface area contributed by atoms with E-state index in [0.717, 1.165) is 11.7 Å². The zero-order valence-corrected chi connectivity index (χ0v) is 12.4. The van der Waals surface area contributed by atoms with Crippen molar-refractivity contribution in [1.29, 1.82) is 0 Å². The zero-order chi connectivity index (χ0) is 13.3. The van der Waals surface area contributed by atoms with Gasteiger partial charge in [-0.15, -0.1) is 0 Å². The van der Waals surface area contributed by atoms with Crippen LogP contribution in [0.25, 0.3) is 0 Å². The van der Waals surface area contributed by atoms with Crippen LogP contribution >= 0.6 is 0 Å². The molecule has 0 heterocycles. The topological polar surface area (TPSA) is 9.23 Å². The molecule has 0 radical (unpaired) electrons. The smallest absolute Gasteiger partial charge is 0.123 e. The number of rotatable bonds is 4. The van der Waals surface area contributed by atoms with Crippen molar-refractivity contribution in [2.75, 3.05) is 0 Å². The van der Waals surface area contributed by atoms with Crippen molar-refractivity contribution in [2.45, 2.75) is 65.4 Å². The summed E-state index contributed by atoms with van der Waals surface area (Å²) >= 11 is 0. The first-order valence-corrected chi connectivity index (χ1v) is 7.27. The van der Waals surface area contributed by atoms with Crippen LogP contribution in [0.5, 0.6) is 5.75 Å². The lowest BCUT2D eigenvalue weighted by molar-refractivity contribution is 0.0727. The highest BCUT2D eigenvalue weighted by Crippen LogP contribution is 2.35. The Labute approximate surface area is 112 Å². The van der Waals surface area contributed by atoms with Crippen molar-refractivity contribution in [3.63, 3.8) is 0 Å². The molecule has 0 saturated heterocycles. The summed E-state index contributed by atoms with van der Waals surface area (Å²) in [5, 5.41) is 0. The fourth-order valence-corrected chi connectivity index (χ4v) is 2.59. The van der Waals surface area contributed by atoms with E-state index in [1.165, 1.54) is 24.0 Å². The van der Waals surface area contributed by atoms with E-state index in [9.17, 15) is 0 Å². The maximum Gasteiger partial charge on any atom is 0.123 e. The number of benzene rings is 1. The Hall–Kier alpha value is -0.980. The number of hydrogen-bond acceptors (Lipinski definition) is 1. The Morgan fingerprint density at radius 2 is 1.72 bits per heavy atom. The van der Waals surface area contributed by atoms with E-state index in [2.05, 4.69) is 52.8 Å². The molecule has 1 nitrogen and oxygen atoms in total. The second kappa shape index (κ2) is 5.34. The van der Waals surface area contributed by atoms with E-state index in [1.807, 2.05) is 0 Å². The lowest BCUT2D eigenvalue weighted by Gasteiger charge is -2.34. The molecule has 1 aliphatic carbocycles. The van der Waals surface area contributed by atoms with Crippen LogP contribution in [0.1, 0.15) is 70.4 Å². The molecule has 18 heavy (non-hydrogen) atoms. The van der Waals surface area contributed by atoms with E-state index >= 15 is 0 Å². The molecule has 1 aromatic carbocycles. The Kier molecular flexibility index (Phi) is 3.99. The summed E-state index contributed by atoms with van der Waals surface area (Å²) < 4.78 is 6.15. The molecule has 1 aromatic rings. The largest absolute Gasteiger partial charge is 0.490 e. The minimum absolute atomic E-state index is 0.447. The van der Waals surface area contributed by atoms with Crippen LogP contribution in [-0.2, 0) is 0 Å². The summed E-state index contributed by atoms with van der Waals surface area (Å²) in [6.45, 7) is 11.3. The van der Waals surface area contributed by atoms with Gasteiger partial charge in [0, 0.05) is 0 Å². The predicted octanol–water partition coefficient (Wildman–Crippen LogP) is 5.11. The van der Waals surface area contributed by atoms with Crippen LogP contribution in [0.15, 0.2) is 18.2 Å². The molecule has 1 fully saturated rings. The molecule has 0 aromatic heterocycles. The molecule has 1 aliphatic rings. The third kappa shape index (κ3) is 2.88. The minimum atomic E-state index is 0.447. The van der Waals surface area contributed by atoms with Crippen LogP contribution in [0.4, 0.5) is 0 Å². The monoisotopic (exact) mass is 246 g/mol. The van der Waals surface area contributed by atoms with Crippen LogP contribution in [0.3, 0.4) is 0 Å². The van der Waals surface area contributed by atoms with Crippen molar-refractivity contribution in [3.8, 4) is 5.75 Å². The fraction of sp³-hybridized carbons (Fsp3) is 0.647. The van der Waals surface area contributed by atoms with Gasteiger partial charge in [0.1, 0.15) is 5.75 Å². The van der Waals surface area contributed by atoms with Crippen molar-refractivity contribution in [1.82, 2.24) is 0 Å². The lowest BCUT2D eigenvalue weighted by Crippen LogP contribution is -2.32. The van der Waals surface area contributed by atoms with Crippen LogP contribution in [-0.4, -0.2) is 6.10 Å². The van der Waals surface area contributed by atoms with Gasteiger partial charge in [-0.3, -0.25) is 0 Å². The lowest BCUT2D eigenvalue weighted by atomic mass is 9.84. The molecule has 100 valence electrons. The standard InChI is InChI=1S/C17H26O/c1-11(2)14-6-7-17(16(10-14)12(3)4)18-15-8-13(5)9-15/h6-7,10-13,15H,8-9H2,1-5H3. The highest BCUT2D eigenvalue weighted by molar-refractivity contribution is 5.40. The van der Waals surface area contributed by atoms with Gasteiger partial charge in [0.25, 0.3) is 0 Å². The molecule has 2 rings (SSSR count). The van der Waals surface area contributed by atoms with E-state index in [4.69, 9.17) is 4.74 Å². The third-order valence-electron chi connectivity index (χ3n) is 3.95. The zero-order valence-electron chi connectivity index (χ0n) is 12.4. The maximum atomic E-state index is 6.15. The van der Waals surface area contributed by atoms with Crippen LogP contribution < -0.4 is 4.74 Å². The summed E-state index contributed by atoms with van der Waals surface area (Å²) in [6.07, 6.45) is 2.87. The molecule has 0 bridgehead atoms. The van der Waals surface area contributed by atoms with E-state index in [-0.39, 0.29) is 0 Å². The molecule has 0 spiro atoms. The van der Waals surface area contributed by atoms with Gasteiger partial charge in [-0.1, -0.05) is 46.8 Å². The molecular weight excluding hydrogens is 220 g/mol. The van der Waals surface area contributed by atoms with Gasteiger partial charge in [0.15, 0.2) is 0 Å². The SMILES string of the molecule is CC1CC(Oc2ccc(C(C)C)cc2C(C)C)C1. The predicted molar refractivity (Wildman–Crippen MR) is 77.4 cm³/mol. The molecule has 0 aliphatic heterocycles. The normalized spacial score (nSPS) is 23.3. The highest BCUT2D eigenvalue weighted by atomic mass is 16.5. The number of ether oxygens (including phenoxy) is 1. The summed E-state index contributed by atoms with van der Waals surface area (Å²) in [4.78, 5) is 0.